The fourth-order valence-corrected chi connectivity index (χ4v) is 7.14. The number of benzene rings is 4. The molecule has 47 heavy (non-hydrogen) atoms. The van der Waals surface area contributed by atoms with Crippen LogP contribution in [0.3, 0.4) is 0 Å². The van der Waals surface area contributed by atoms with Crippen molar-refractivity contribution in [2.75, 3.05) is 23.7 Å². The van der Waals surface area contributed by atoms with E-state index in [1.807, 2.05) is 56.5 Å². The molecule has 0 heterocycles. The summed E-state index contributed by atoms with van der Waals surface area (Å²) in [7, 11) is -4.28. The number of carbonyl (C=O) groups excluding carboxylic acids is 2. The zero-order chi connectivity index (χ0) is 34.0. The maximum absolute atomic E-state index is 14.6. The van der Waals surface area contributed by atoms with Crippen LogP contribution in [0, 0.1) is 0 Å². The molecule has 0 radical (unpaired) electrons. The Bertz CT molecular complexity index is 1750. The van der Waals surface area contributed by atoms with Crippen molar-refractivity contribution in [1.29, 1.82) is 0 Å². The Kier molecular flexibility index (Phi) is 12.8. The number of amides is 2. The number of thioether (sulfide) groups is 1. The fourth-order valence-electron chi connectivity index (χ4n) is 5.10. The average Bonchev–Trinajstić information content (AvgIpc) is 3.05. The molecule has 0 spiro atoms. The Balaban J connectivity index is 1.84. The van der Waals surface area contributed by atoms with E-state index in [0.29, 0.717) is 16.3 Å². The summed E-state index contributed by atoms with van der Waals surface area (Å²) < 4.78 is 35.7. The normalized spacial score (nSPS) is 12.0. The predicted octanol–water partition coefficient (Wildman–Crippen LogP) is 6.82. The van der Waals surface area contributed by atoms with Gasteiger partial charge in [0.1, 0.15) is 18.3 Å². The molecule has 0 saturated carbocycles. The van der Waals surface area contributed by atoms with Crippen molar-refractivity contribution in [1.82, 2.24) is 10.2 Å². The molecule has 0 bridgehead atoms. The SMILES string of the molecule is CCOc1ccccc1N(CC(=O)N(Cc1cccc(Cl)c1)[C@@H](Cc1ccccc1)C(=O)NC(C)C)S(=O)(=O)c1ccc(SC)cc1. The number of sulfonamides is 1. The molecule has 0 aliphatic rings. The van der Waals surface area contributed by atoms with E-state index >= 15 is 0 Å². The monoisotopic (exact) mass is 693 g/mol. The highest BCUT2D eigenvalue weighted by Gasteiger charge is 2.35. The standard InChI is InChI=1S/C36H40ClN3O5S2/c1-5-45-34-17-10-9-16-32(34)40(47(43,44)31-20-18-30(46-4)19-21-31)25-35(41)39(24-28-14-11-15-29(37)22-28)33(36(42)38-26(2)3)23-27-12-7-6-8-13-27/h6-22,26,33H,5,23-25H2,1-4H3,(H,38,42)/t33-/m0/s1. The van der Waals surface area contributed by atoms with Crippen molar-refractivity contribution in [3.05, 3.63) is 119 Å². The minimum Gasteiger partial charge on any atom is -0.492 e. The van der Waals surface area contributed by atoms with E-state index in [1.54, 1.807) is 61.5 Å². The van der Waals surface area contributed by atoms with Gasteiger partial charge in [0.25, 0.3) is 10.0 Å². The molecule has 11 heteroatoms. The van der Waals surface area contributed by atoms with Crippen molar-refractivity contribution in [3.8, 4) is 5.75 Å². The molecule has 4 rings (SSSR count). The van der Waals surface area contributed by atoms with E-state index in [4.69, 9.17) is 16.3 Å². The quantitative estimate of drug-likeness (QED) is 0.137. The van der Waals surface area contributed by atoms with Crippen LogP contribution in [-0.4, -0.2) is 56.6 Å². The number of hydrogen-bond acceptors (Lipinski definition) is 6. The second-order valence-electron chi connectivity index (χ2n) is 11.1. The largest absolute Gasteiger partial charge is 0.492 e. The third-order valence-electron chi connectivity index (χ3n) is 7.30. The molecule has 4 aromatic rings. The zero-order valence-electron chi connectivity index (χ0n) is 26.9. The molecule has 0 aliphatic carbocycles. The van der Waals surface area contributed by atoms with Crippen LogP contribution in [0.25, 0.3) is 0 Å². The second kappa shape index (κ2) is 16.7. The third-order valence-corrected chi connectivity index (χ3v) is 10.1. The van der Waals surface area contributed by atoms with Crippen molar-refractivity contribution < 1.29 is 22.7 Å². The summed E-state index contributed by atoms with van der Waals surface area (Å²) in [4.78, 5) is 30.9. The minimum absolute atomic E-state index is 0.0197. The van der Waals surface area contributed by atoms with Gasteiger partial charge in [0.2, 0.25) is 11.8 Å². The third kappa shape index (κ3) is 9.53. The lowest BCUT2D eigenvalue weighted by atomic mass is 10.0. The van der Waals surface area contributed by atoms with E-state index in [1.165, 1.54) is 28.8 Å². The fraction of sp³-hybridized carbons (Fsp3) is 0.278. The van der Waals surface area contributed by atoms with Gasteiger partial charge in [-0.15, -0.1) is 11.8 Å². The zero-order valence-corrected chi connectivity index (χ0v) is 29.3. The molecule has 8 nitrogen and oxygen atoms in total. The summed E-state index contributed by atoms with van der Waals surface area (Å²) in [6.45, 7) is 5.22. The number of carbonyl (C=O) groups is 2. The Hall–Kier alpha value is -3.99. The van der Waals surface area contributed by atoms with Crippen molar-refractivity contribution in [2.45, 2.75) is 55.6 Å². The molecule has 0 fully saturated rings. The number of nitrogens with zero attached hydrogens (tertiary/aromatic N) is 2. The molecule has 248 valence electrons. The maximum atomic E-state index is 14.6. The van der Waals surface area contributed by atoms with Crippen LogP contribution in [0.2, 0.25) is 5.02 Å². The summed E-state index contributed by atoms with van der Waals surface area (Å²) in [5.74, 6) is -0.608. The number of ether oxygens (including phenoxy) is 1. The van der Waals surface area contributed by atoms with E-state index in [2.05, 4.69) is 5.32 Å². The van der Waals surface area contributed by atoms with Crippen molar-refractivity contribution in [3.63, 3.8) is 0 Å². The van der Waals surface area contributed by atoms with Crippen LogP contribution < -0.4 is 14.4 Å². The van der Waals surface area contributed by atoms with Gasteiger partial charge in [-0.25, -0.2) is 8.42 Å². The van der Waals surface area contributed by atoms with E-state index < -0.39 is 28.5 Å². The molecule has 0 saturated heterocycles. The van der Waals surface area contributed by atoms with Crippen LogP contribution in [0.15, 0.2) is 113 Å². The first-order valence-corrected chi connectivity index (χ1v) is 18.3. The topological polar surface area (TPSA) is 96.0 Å². The number of hydrogen-bond donors (Lipinski definition) is 1. The molecule has 0 aliphatic heterocycles. The van der Waals surface area contributed by atoms with Gasteiger partial charge in [-0.2, -0.15) is 0 Å². The number of rotatable bonds is 15. The molecule has 0 aromatic heterocycles. The van der Waals surface area contributed by atoms with Gasteiger partial charge >= 0.3 is 0 Å². The number of nitrogens with one attached hydrogen (secondary N) is 1. The van der Waals surface area contributed by atoms with Gasteiger partial charge in [0.15, 0.2) is 0 Å². The van der Waals surface area contributed by atoms with Gasteiger partial charge in [-0.05, 0) is 86.7 Å². The Morgan fingerprint density at radius 3 is 2.19 bits per heavy atom. The van der Waals surface area contributed by atoms with Gasteiger partial charge in [0, 0.05) is 28.9 Å². The van der Waals surface area contributed by atoms with Crippen molar-refractivity contribution >= 4 is 50.9 Å². The second-order valence-corrected chi connectivity index (χ2v) is 14.3. The number of para-hydroxylation sites is 2. The predicted molar refractivity (Wildman–Crippen MR) is 190 cm³/mol. The Labute approximate surface area is 287 Å². The minimum atomic E-state index is -4.28. The van der Waals surface area contributed by atoms with E-state index in [9.17, 15) is 18.0 Å². The first-order chi connectivity index (χ1) is 22.5. The summed E-state index contributed by atoms with van der Waals surface area (Å²) >= 11 is 7.82. The van der Waals surface area contributed by atoms with Crippen LogP contribution in [0.4, 0.5) is 5.69 Å². The highest BCUT2D eigenvalue weighted by atomic mass is 35.5. The van der Waals surface area contributed by atoms with Crippen LogP contribution in [0.5, 0.6) is 5.75 Å². The molecule has 2 amide bonds. The summed E-state index contributed by atoms with van der Waals surface area (Å²) in [5, 5.41) is 3.44. The van der Waals surface area contributed by atoms with Crippen LogP contribution >= 0.6 is 23.4 Å². The molecule has 0 unspecified atom stereocenters. The number of halogens is 1. The maximum Gasteiger partial charge on any atom is 0.264 e. The lowest BCUT2D eigenvalue weighted by Gasteiger charge is -2.34. The number of anilines is 1. The van der Waals surface area contributed by atoms with Gasteiger partial charge < -0.3 is 15.0 Å². The molecule has 4 aromatic carbocycles. The first kappa shape index (κ1) is 35.9. The van der Waals surface area contributed by atoms with Crippen LogP contribution in [-0.2, 0) is 32.6 Å². The molecule has 1 N–H and O–H groups in total. The van der Waals surface area contributed by atoms with Crippen LogP contribution in [0.1, 0.15) is 31.9 Å². The molecular formula is C36H40ClN3O5S2. The molecular weight excluding hydrogens is 654 g/mol. The Morgan fingerprint density at radius 2 is 1.55 bits per heavy atom. The smallest absolute Gasteiger partial charge is 0.264 e. The lowest BCUT2D eigenvalue weighted by molar-refractivity contribution is -0.140. The van der Waals surface area contributed by atoms with Gasteiger partial charge in [-0.3, -0.25) is 13.9 Å². The van der Waals surface area contributed by atoms with Gasteiger partial charge in [0.05, 0.1) is 17.2 Å². The molecule has 1 atom stereocenters. The highest BCUT2D eigenvalue weighted by molar-refractivity contribution is 7.98. The Morgan fingerprint density at radius 1 is 0.894 bits per heavy atom. The first-order valence-electron chi connectivity index (χ1n) is 15.3. The summed E-state index contributed by atoms with van der Waals surface area (Å²) in [6, 6.07) is 28.5. The highest BCUT2D eigenvalue weighted by Crippen LogP contribution is 2.33. The summed E-state index contributed by atoms with van der Waals surface area (Å²) in [6.07, 6.45) is 2.12. The van der Waals surface area contributed by atoms with Gasteiger partial charge in [-0.1, -0.05) is 66.2 Å². The van der Waals surface area contributed by atoms with Crippen molar-refractivity contribution in [2.24, 2.45) is 0 Å². The average molecular weight is 694 g/mol. The van der Waals surface area contributed by atoms with E-state index in [-0.39, 0.29) is 42.1 Å². The van der Waals surface area contributed by atoms with E-state index in [0.717, 1.165) is 14.8 Å². The lowest BCUT2D eigenvalue weighted by Crippen LogP contribution is -2.54. The summed E-state index contributed by atoms with van der Waals surface area (Å²) in [5.41, 5.74) is 1.75.